The number of hydrogen-bond donors (Lipinski definition) is 2. The van der Waals surface area contributed by atoms with Crippen molar-refractivity contribution < 1.29 is 9.18 Å². The second-order valence-corrected chi connectivity index (χ2v) is 9.84. The average Bonchev–Trinajstić information content (AvgIpc) is 2.82. The maximum atomic E-state index is 15.5. The number of urea groups is 1. The third-order valence-electron chi connectivity index (χ3n) is 6.71. The SMILES string of the molecule is CCC(CC)c1cc(NC(=O)Nc2cnc(C)nc2)c(N(CC(C)C)C2CCCCC2)cc1F. The Labute approximate surface area is 203 Å². The summed E-state index contributed by atoms with van der Waals surface area (Å²) in [5.41, 5.74) is 2.59. The summed E-state index contributed by atoms with van der Waals surface area (Å²) in [5.74, 6) is 0.969. The molecular weight excluding hydrogens is 429 g/mol. The molecule has 1 saturated carbocycles. The molecule has 7 heteroatoms. The minimum atomic E-state index is -0.385. The molecule has 1 aromatic heterocycles. The number of nitrogens with zero attached hydrogens (tertiary/aromatic N) is 3. The summed E-state index contributed by atoms with van der Waals surface area (Å²) < 4.78 is 15.5. The highest BCUT2D eigenvalue weighted by Crippen LogP contribution is 2.38. The van der Waals surface area contributed by atoms with E-state index in [0.29, 0.717) is 34.7 Å². The summed E-state index contributed by atoms with van der Waals surface area (Å²) in [7, 11) is 0. The lowest BCUT2D eigenvalue weighted by Crippen LogP contribution is -2.40. The number of anilines is 3. The molecule has 2 aromatic rings. The van der Waals surface area contributed by atoms with E-state index in [0.717, 1.165) is 37.9 Å². The molecule has 186 valence electrons. The summed E-state index contributed by atoms with van der Waals surface area (Å²) in [4.78, 5) is 23.6. The molecule has 0 bridgehead atoms. The van der Waals surface area contributed by atoms with Crippen LogP contribution in [-0.2, 0) is 0 Å². The van der Waals surface area contributed by atoms with Crippen LogP contribution in [0.2, 0.25) is 0 Å². The second-order valence-electron chi connectivity index (χ2n) is 9.84. The lowest BCUT2D eigenvalue weighted by molar-refractivity contribution is 0.262. The van der Waals surface area contributed by atoms with Crippen LogP contribution >= 0.6 is 0 Å². The predicted octanol–water partition coefficient (Wildman–Crippen LogP) is 7.27. The first-order valence-corrected chi connectivity index (χ1v) is 12.8. The van der Waals surface area contributed by atoms with Gasteiger partial charge in [0, 0.05) is 12.6 Å². The van der Waals surface area contributed by atoms with Crippen molar-refractivity contribution in [3.05, 3.63) is 41.7 Å². The largest absolute Gasteiger partial charge is 0.367 e. The Hall–Kier alpha value is -2.70. The highest BCUT2D eigenvalue weighted by Gasteiger charge is 2.27. The number of carbonyl (C=O) groups excluding carboxylic acids is 1. The summed E-state index contributed by atoms with van der Waals surface area (Å²) in [6.45, 7) is 11.1. The van der Waals surface area contributed by atoms with Gasteiger partial charge in [0.05, 0.1) is 29.5 Å². The van der Waals surface area contributed by atoms with E-state index in [-0.39, 0.29) is 17.8 Å². The van der Waals surface area contributed by atoms with E-state index in [9.17, 15) is 4.79 Å². The van der Waals surface area contributed by atoms with Crippen molar-refractivity contribution in [1.82, 2.24) is 9.97 Å². The number of aryl methyl sites for hydroxylation is 1. The quantitative estimate of drug-likeness (QED) is 0.405. The molecule has 0 saturated heterocycles. The normalized spacial score (nSPS) is 14.5. The van der Waals surface area contributed by atoms with Crippen molar-refractivity contribution >= 4 is 23.1 Å². The molecule has 34 heavy (non-hydrogen) atoms. The third kappa shape index (κ3) is 6.67. The monoisotopic (exact) mass is 469 g/mol. The Kier molecular flexibility index (Phi) is 9.25. The van der Waals surface area contributed by atoms with Crippen LogP contribution in [0.1, 0.15) is 89.9 Å². The van der Waals surface area contributed by atoms with Gasteiger partial charge in [-0.15, -0.1) is 0 Å². The van der Waals surface area contributed by atoms with Gasteiger partial charge in [-0.25, -0.2) is 19.2 Å². The second kappa shape index (κ2) is 12.1. The Bertz CT molecular complexity index is 937. The van der Waals surface area contributed by atoms with Crippen LogP contribution in [-0.4, -0.2) is 28.6 Å². The zero-order chi connectivity index (χ0) is 24.7. The van der Waals surface area contributed by atoms with Gasteiger partial charge in [-0.1, -0.05) is 47.0 Å². The molecular formula is C27H40FN5O. The van der Waals surface area contributed by atoms with Crippen molar-refractivity contribution in [3.8, 4) is 0 Å². The standard InChI is InChI=1S/C27H40FN5O/c1-6-20(7-2)23-13-25(32-27(34)31-21-15-29-19(5)30-16-21)26(14-24(23)28)33(17-18(3)4)22-11-9-8-10-12-22/h13-16,18,20,22H,6-12,17H2,1-5H3,(H2,31,32,34). The zero-order valence-electron chi connectivity index (χ0n) is 21.3. The molecule has 1 heterocycles. The lowest BCUT2D eigenvalue weighted by atomic mass is 9.90. The highest BCUT2D eigenvalue weighted by molar-refractivity contribution is 6.01. The molecule has 0 aliphatic heterocycles. The first-order valence-electron chi connectivity index (χ1n) is 12.8. The van der Waals surface area contributed by atoms with Crippen LogP contribution in [0.15, 0.2) is 24.5 Å². The van der Waals surface area contributed by atoms with Gasteiger partial charge >= 0.3 is 6.03 Å². The van der Waals surface area contributed by atoms with Gasteiger partial charge in [0.25, 0.3) is 0 Å². The van der Waals surface area contributed by atoms with Crippen LogP contribution in [0.25, 0.3) is 0 Å². The Morgan fingerprint density at radius 1 is 1.09 bits per heavy atom. The number of hydrogen-bond acceptors (Lipinski definition) is 4. The van der Waals surface area contributed by atoms with Gasteiger partial charge in [-0.2, -0.15) is 0 Å². The number of aromatic nitrogens is 2. The van der Waals surface area contributed by atoms with E-state index in [1.807, 2.05) is 6.07 Å². The van der Waals surface area contributed by atoms with Crippen LogP contribution < -0.4 is 15.5 Å². The van der Waals surface area contributed by atoms with E-state index in [1.165, 1.54) is 19.3 Å². The molecule has 6 nitrogen and oxygen atoms in total. The molecule has 1 fully saturated rings. The predicted molar refractivity (Wildman–Crippen MR) is 138 cm³/mol. The van der Waals surface area contributed by atoms with E-state index >= 15 is 4.39 Å². The fourth-order valence-electron chi connectivity index (χ4n) is 4.93. The maximum absolute atomic E-state index is 15.5. The summed E-state index contributed by atoms with van der Waals surface area (Å²) in [5, 5.41) is 5.83. The Morgan fingerprint density at radius 3 is 2.32 bits per heavy atom. The number of amides is 2. The summed E-state index contributed by atoms with van der Waals surface area (Å²) in [6.07, 6.45) is 10.7. The summed E-state index contributed by atoms with van der Waals surface area (Å²) >= 11 is 0. The molecule has 0 radical (unpaired) electrons. The van der Waals surface area contributed by atoms with Crippen LogP contribution in [0.5, 0.6) is 0 Å². The fourth-order valence-corrected chi connectivity index (χ4v) is 4.93. The van der Waals surface area contributed by atoms with Crippen LogP contribution in [0.3, 0.4) is 0 Å². The van der Waals surface area contributed by atoms with E-state index in [4.69, 9.17) is 0 Å². The van der Waals surface area contributed by atoms with Gasteiger partial charge < -0.3 is 15.5 Å². The summed E-state index contributed by atoms with van der Waals surface area (Å²) in [6, 6.07) is 3.46. The van der Waals surface area contributed by atoms with Gasteiger partial charge in [0.2, 0.25) is 0 Å². The molecule has 3 rings (SSSR count). The molecule has 2 amide bonds. The highest BCUT2D eigenvalue weighted by atomic mass is 19.1. The number of nitrogens with one attached hydrogen (secondary N) is 2. The van der Waals surface area contributed by atoms with Crippen molar-refractivity contribution in [2.24, 2.45) is 5.92 Å². The molecule has 0 spiro atoms. The van der Waals surface area contributed by atoms with Crippen molar-refractivity contribution in [2.45, 2.75) is 91.5 Å². The van der Waals surface area contributed by atoms with Crippen molar-refractivity contribution in [1.29, 1.82) is 0 Å². The molecule has 1 aliphatic rings. The van der Waals surface area contributed by atoms with Gasteiger partial charge in [0.1, 0.15) is 11.6 Å². The number of benzene rings is 1. The van der Waals surface area contributed by atoms with Crippen molar-refractivity contribution in [2.75, 3.05) is 22.1 Å². The van der Waals surface area contributed by atoms with E-state index in [2.05, 4.69) is 53.2 Å². The molecule has 0 unspecified atom stereocenters. The first-order chi connectivity index (χ1) is 16.3. The maximum Gasteiger partial charge on any atom is 0.323 e. The molecule has 1 aliphatic carbocycles. The Morgan fingerprint density at radius 2 is 1.74 bits per heavy atom. The topological polar surface area (TPSA) is 70.1 Å². The van der Waals surface area contributed by atoms with Crippen LogP contribution in [0.4, 0.5) is 26.2 Å². The fraction of sp³-hybridized carbons (Fsp3) is 0.593. The smallest absolute Gasteiger partial charge is 0.323 e. The third-order valence-corrected chi connectivity index (χ3v) is 6.71. The van der Waals surface area contributed by atoms with Gasteiger partial charge in [-0.3, -0.25) is 0 Å². The van der Waals surface area contributed by atoms with Crippen molar-refractivity contribution in [3.63, 3.8) is 0 Å². The lowest BCUT2D eigenvalue weighted by Gasteiger charge is -2.38. The molecule has 1 aromatic carbocycles. The minimum Gasteiger partial charge on any atom is -0.367 e. The zero-order valence-corrected chi connectivity index (χ0v) is 21.3. The number of rotatable bonds is 9. The minimum absolute atomic E-state index is 0.108. The van der Waals surface area contributed by atoms with Crippen LogP contribution in [0, 0.1) is 18.7 Å². The molecule has 0 atom stereocenters. The van der Waals surface area contributed by atoms with Gasteiger partial charge in [0.15, 0.2) is 0 Å². The average molecular weight is 470 g/mol. The molecule has 2 N–H and O–H groups in total. The first kappa shape index (κ1) is 25.9. The number of carbonyl (C=O) groups is 1. The Balaban J connectivity index is 1.99. The van der Waals surface area contributed by atoms with Gasteiger partial charge in [-0.05, 0) is 62.1 Å². The van der Waals surface area contributed by atoms with E-state index in [1.54, 1.807) is 25.4 Å². The van der Waals surface area contributed by atoms with E-state index < -0.39 is 0 Å². The number of halogens is 1.